The Morgan fingerprint density at radius 3 is 2.13 bits per heavy atom. The minimum Gasteiger partial charge on any atom is -0.265 e. The van der Waals surface area contributed by atoms with Crippen molar-refractivity contribution in [1.82, 2.24) is 0 Å². The van der Waals surface area contributed by atoms with Gasteiger partial charge in [-0.3, -0.25) is 4.79 Å². The summed E-state index contributed by atoms with van der Waals surface area (Å²) in [4.78, 5) is 11.2. The van der Waals surface area contributed by atoms with Crippen LogP contribution in [0, 0.1) is 0 Å². The van der Waals surface area contributed by atoms with Gasteiger partial charge in [0.15, 0.2) is 0 Å². The highest BCUT2D eigenvalue weighted by Gasteiger charge is 2.34. The third-order valence-corrected chi connectivity index (χ3v) is 11.4. The van der Waals surface area contributed by atoms with E-state index in [1.54, 1.807) is 0 Å². The van der Waals surface area contributed by atoms with Gasteiger partial charge in [-0.25, -0.2) is 0 Å². The molecule has 0 N–H and O–H groups in total. The summed E-state index contributed by atoms with van der Waals surface area (Å²) in [6.07, 6.45) is 1.35. The second kappa shape index (κ2) is 4.86. The predicted octanol–water partition coefficient (Wildman–Crippen LogP) is 3.89. The molecule has 2 aliphatic rings. The first-order valence-corrected chi connectivity index (χ1v) is 10.0. The highest BCUT2D eigenvalue weighted by Crippen LogP contribution is 2.56. The number of hydrogen-bond acceptors (Lipinski definition) is 7. The van der Waals surface area contributed by atoms with Gasteiger partial charge in [-0.2, -0.15) is 0 Å². The van der Waals surface area contributed by atoms with E-state index in [0.29, 0.717) is 4.58 Å². The first-order chi connectivity index (χ1) is 7.33. The van der Waals surface area contributed by atoms with Crippen LogP contribution in [0.2, 0.25) is 0 Å². The molecule has 0 radical (unpaired) electrons. The van der Waals surface area contributed by atoms with Gasteiger partial charge in [0.05, 0.1) is 17.6 Å². The van der Waals surface area contributed by atoms with Crippen LogP contribution in [0.4, 0.5) is 0 Å². The fourth-order valence-electron chi connectivity index (χ4n) is 1.41. The van der Waals surface area contributed by atoms with Crippen molar-refractivity contribution in [3.05, 3.63) is 8.85 Å². The summed E-state index contributed by atoms with van der Waals surface area (Å²) in [5.41, 5.74) is 0. The van der Waals surface area contributed by atoms with Crippen LogP contribution < -0.4 is 4.06 Å². The molecule has 15 heavy (non-hydrogen) atoms. The molecular weight excluding hydrogens is 304 g/mol. The van der Waals surface area contributed by atoms with Crippen LogP contribution in [0.25, 0.3) is 0 Å². The van der Waals surface area contributed by atoms with Gasteiger partial charge < -0.3 is 0 Å². The Morgan fingerprint density at radius 2 is 1.53 bits per heavy atom. The first kappa shape index (κ1) is 11.3. The van der Waals surface area contributed by atoms with E-state index in [1.807, 2.05) is 23.5 Å². The van der Waals surface area contributed by atoms with Crippen molar-refractivity contribution < 1.29 is 0 Å². The maximum absolute atomic E-state index is 11.2. The van der Waals surface area contributed by atoms with Gasteiger partial charge in [-0.1, -0.05) is 46.2 Å². The van der Waals surface area contributed by atoms with Crippen molar-refractivity contribution in [2.24, 2.45) is 0 Å². The second-order valence-electron chi connectivity index (χ2n) is 3.10. The molecule has 2 aliphatic heterocycles. The number of fused-ring (bicyclic) bond motifs is 1. The van der Waals surface area contributed by atoms with E-state index < -0.39 is 0 Å². The monoisotopic (exact) mass is 312 g/mol. The Kier molecular flexibility index (Phi) is 3.67. The third kappa shape index (κ3) is 2.42. The van der Waals surface area contributed by atoms with Crippen molar-refractivity contribution in [1.29, 1.82) is 0 Å². The van der Waals surface area contributed by atoms with E-state index in [0.717, 1.165) is 4.58 Å². The molecular formula is C8H8OS6. The van der Waals surface area contributed by atoms with Crippen molar-refractivity contribution >= 4 is 69.7 Å². The number of hydrogen-bond donors (Lipinski definition) is 0. The molecule has 1 aromatic rings. The predicted molar refractivity (Wildman–Crippen MR) is 77.3 cm³/mol. The molecule has 1 saturated heterocycles. The van der Waals surface area contributed by atoms with E-state index in [1.165, 1.54) is 49.0 Å². The SMILES string of the molecule is O=c1sc2c(s1)SC(C1SCCCS1)S2. The molecule has 0 aromatic carbocycles. The van der Waals surface area contributed by atoms with Gasteiger partial charge in [-0.05, 0) is 17.9 Å². The topological polar surface area (TPSA) is 17.1 Å². The Hall–Kier alpha value is 1.25. The third-order valence-electron chi connectivity index (χ3n) is 2.04. The number of thioether (sulfide) groups is 4. The zero-order chi connectivity index (χ0) is 10.3. The molecule has 0 amide bonds. The van der Waals surface area contributed by atoms with E-state index in [-0.39, 0.29) is 4.06 Å². The summed E-state index contributed by atoms with van der Waals surface area (Å²) in [6, 6.07) is 0. The molecule has 0 bridgehead atoms. The van der Waals surface area contributed by atoms with E-state index in [9.17, 15) is 4.79 Å². The van der Waals surface area contributed by atoms with Gasteiger partial charge in [0.1, 0.15) is 0 Å². The van der Waals surface area contributed by atoms with Gasteiger partial charge >= 0.3 is 0 Å². The van der Waals surface area contributed by atoms with Crippen LogP contribution in [0.5, 0.6) is 0 Å². The fraction of sp³-hybridized carbons (Fsp3) is 0.625. The van der Waals surface area contributed by atoms with Crippen molar-refractivity contribution in [3.63, 3.8) is 0 Å². The molecule has 1 aromatic heterocycles. The Morgan fingerprint density at radius 1 is 0.933 bits per heavy atom. The fourth-order valence-corrected chi connectivity index (χ4v) is 11.5. The zero-order valence-corrected chi connectivity index (χ0v) is 12.5. The maximum atomic E-state index is 11.2. The summed E-state index contributed by atoms with van der Waals surface area (Å²) in [7, 11) is 0. The molecule has 1 fully saturated rings. The van der Waals surface area contributed by atoms with E-state index in [4.69, 9.17) is 0 Å². The lowest BCUT2D eigenvalue weighted by molar-refractivity contribution is 1.10. The Labute approximate surface area is 113 Å². The molecule has 82 valence electrons. The van der Waals surface area contributed by atoms with Crippen molar-refractivity contribution in [2.75, 3.05) is 11.5 Å². The van der Waals surface area contributed by atoms with Crippen LogP contribution in [-0.2, 0) is 0 Å². The van der Waals surface area contributed by atoms with Crippen molar-refractivity contribution in [2.45, 2.75) is 24.0 Å². The largest absolute Gasteiger partial charge is 0.289 e. The van der Waals surface area contributed by atoms with Crippen LogP contribution in [0.3, 0.4) is 0 Å². The molecule has 1 nitrogen and oxygen atoms in total. The van der Waals surface area contributed by atoms with Gasteiger partial charge in [0.25, 0.3) is 4.06 Å². The van der Waals surface area contributed by atoms with Gasteiger partial charge in [0, 0.05) is 0 Å². The molecule has 0 spiro atoms. The lowest BCUT2D eigenvalue weighted by Crippen LogP contribution is -2.15. The minimum absolute atomic E-state index is 0.252. The smallest absolute Gasteiger partial charge is 0.265 e. The van der Waals surface area contributed by atoms with E-state index in [2.05, 4.69) is 23.5 Å². The average Bonchev–Trinajstić information content (AvgIpc) is 2.76. The molecule has 3 rings (SSSR count). The van der Waals surface area contributed by atoms with Gasteiger partial charge in [0.2, 0.25) is 0 Å². The zero-order valence-electron chi connectivity index (χ0n) is 7.63. The van der Waals surface area contributed by atoms with Crippen LogP contribution in [-0.4, -0.2) is 20.7 Å². The minimum atomic E-state index is 0.252. The molecule has 3 heterocycles. The van der Waals surface area contributed by atoms with Gasteiger partial charge in [-0.15, -0.1) is 23.5 Å². The van der Waals surface area contributed by atoms with Crippen LogP contribution in [0.1, 0.15) is 6.42 Å². The molecule has 7 heteroatoms. The normalized spacial score (nSPS) is 23.2. The van der Waals surface area contributed by atoms with Crippen LogP contribution >= 0.6 is 69.7 Å². The van der Waals surface area contributed by atoms with E-state index >= 15 is 0 Å². The summed E-state index contributed by atoms with van der Waals surface area (Å²) < 4.78 is 4.15. The second-order valence-corrected chi connectivity index (χ2v) is 11.2. The highest BCUT2D eigenvalue weighted by molar-refractivity contribution is 8.26. The lowest BCUT2D eigenvalue weighted by Gasteiger charge is -2.24. The Bertz CT molecular complexity index is 377. The standard InChI is InChI=1S/C8H8OS6/c9-8-14-6-7(15-8)13-5(12-6)4-10-2-1-3-11-4/h4-5H,1-3H2. The Balaban J connectivity index is 1.72. The molecule has 0 atom stereocenters. The van der Waals surface area contributed by atoms with Crippen molar-refractivity contribution in [3.8, 4) is 0 Å². The highest BCUT2D eigenvalue weighted by atomic mass is 32.2. The summed E-state index contributed by atoms with van der Waals surface area (Å²) in [6.45, 7) is 0. The molecule has 0 aliphatic carbocycles. The summed E-state index contributed by atoms with van der Waals surface area (Å²) >= 11 is 10.9. The summed E-state index contributed by atoms with van der Waals surface area (Å²) in [5, 5.41) is 0. The number of rotatable bonds is 1. The molecule has 0 unspecified atom stereocenters. The quantitative estimate of drug-likeness (QED) is 0.780. The maximum Gasteiger partial charge on any atom is 0.289 e. The molecule has 0 saturated carbocycles. The lowest BCUT2D eigenvalue weighted by atomic mass is 10.6. The average molecular weight is 313 g/mol. The summed E-state index contributed by atoms with van der Waals surface area (Å²) in [5.74, 6) is 2.61. The first-order valence-electron chi connectivity index (χ1n) is 4.53. The van der Waals surface area contributed by atoms with Crippen LogP contribution in [0.15, 0.2) is 13.2 Å².